The largest absolute Gasteiger partial charge is 0.349 e. The Morgan fingerprint density at radius 2 is 1.97 bits per heavy atom. The van der Waals surface area contributed by atoms with Gasteiger partial charge in [0.05, 0.1) is 17.6 Å². The summed E-state index contributed by atoms with van der Waals surface area (Å²) in [6.07, 6.45) is 4.44. The summed E-state index contributed by atoms with van der Waals surface area (Å²) >= 11 is 0. The molecule has 1 aliphatic carbocycles. The third kappa shape index (κ3) is 3.59. The summed E-state index contributed by atoms with van der Waals surface area (Å²) in [5.74, 6) is 0.408. The predicted molar refractivity (Wildman–Crippen MR) is 108 cm³/mol. The summed E-state index contributed by atoms with van der Waals surface area (Å²) in [5, 5.41) is 5.74. The number of imidazole rings is 1. The lowest BCUT2D eigenvalue weighted by Crippen LogP contribution is -2.48. The molecule has 2 aliphatic rings. The zero-order valence-electron chi connectivity index (χ0n) is 16.7. The van der Waals surface area contributed by atoms with Gasteiger partial charge < -0.3 is 15.2 Å². The molecule has 1 saturated carbocycles. The van der Waals surface area contributed by atoms with Gasteiger partial charge in [0.2, 0.25) is 5.91 Å². The molecule has 0 bridgehead atoms. The van der Waals surface area contributed by atoms with Crippen LogP contribution in [0.3, 0.4) is 0 Å². The molecule has 29 heavy (non-hydrogen) atoms. The summed E-state index contributed by atoms with van der Waals surface area (Å²) in [6, 6.07) is 7.49. The number of carbonyl (C=O) groups excluding carboxylic acids is 3. The van der Waals surface area contributed by atoms with Crippen LogP contribution >= 0.6 is 0 Å². The van der Waals surface area contributed by atoms with Gasteiger partial charge in [-0.25, -0.2) is 9.78 Å². The van der Waals surface area contributed by atoms with Crippen molar-refractivity contribution in [3.05, 3.63) is 30.1 Å². The number of benzene rings is 1. The van der Waals surface area contributed by atoms with Crippen molar-refractivity contribution in [2.45, 2.75) is 64.1 Å². The van der Waals surface area contributed by atoms with Gasteiger partial charge in [0.25, 0.3) is 5.91 Å². The van der Waals surface area contributed by atoms with Gasteiger partial charge in [-0.2, -0.15) is 0 Å². The van der Waals surface area contributed by atoms with E-state index >= 15 is 0 Å². The number of nitrogens with one attached hydrogen (secondary N) is 2. The second-order valence-corrected chi connectivity index (χ2v) is 7.82. The van der Waals surface area contributed by atoms with E-state index < -0.39 is 5.54 Å². The summed E-state index contributed by atoms with van der Waals surface area (Å²) in [7, 11) is 0. The highest BCUT2D eigenvalue weighted by atomic mass is 16.2. The van der Waals surface area contributed by atoms with Gasteiger partial charge in [-0.05, 0) is 31.9 Å². The molecule has 0 atom stereocenters. The van der Waals surface area contributed by atoms with E-state index in [1.165, 1.54) is 4.90 Å². The van der Waals surface area contributed by atoms with Crippen LogP contribution in [-0.4, -0.2) is 44.4 Å². The number of carbonyl (C=O) groups is 3. The third-order valence-electron chi connectivity index (χ3n) is 6.01. The fourth-order valence-electron chi connectivity index (χ4n) is 4.47. The first-order valence-electron chi connectivity index (χ1n) is 10.4. The van der Waals surface area contributed by atoms with Crippen molar-refractivity contribution in [2.24, 2.45) is 0 Å². The molecule has 1 aromatic carbocycles. The fourth-order valence-corrected chi connectivity index (χ4v) is 4.47. The first-order valence-corrected chi connectivity index (χ1v) is 10.4. The number of hydrogen-bond donors (Lipinski definition) is 2. The second kappa shape index (κ2) is 7.85. The highest BCUT2D eigenvalue weighted by Crippen LogP contribution is 2.33. The van der Waals surface area contributed by atoms with E-state index in [1.54, 1.807) is 0 Å². The molecule has 1 aromatic heterocycles. The van der Waals surface area contributed by atoms with Crippen molar-refractivity contribution in [3.8, 4) is 0 Å². The molecule has 1 saturated heterocycles. The van der Waals surface area contributed by atoms with E-state index in [-0.39, 0.29) is 30.8 Å². The quantitative estimate of drug-likeness (QED) is 0.731. The number of amides is 4. The molecule has 1 spiro atoms. The number of para-hydroxylation sites is 2. The Hall–Kier alpha value is -2.90. The molecule has 4 amide bonds. The minimum atomic E-state index is -0.738. The maximum Gasteiger partial charge on any atom is 0.325 e. The summed E-state index contributed by atoms with van der Waals surface area (Å²) in [6.45, 7) is 3.21. The Bertz CT molecular complexity index is 945. The maximum atomic E-state index is 12.8. The molecule has 8 nitrogen and oxygen atoms in total. The van der Waals surface area contributed by atoms with Gasteiger partial charge in [0.1, 0.15) is 11.4 Å². The average molecular weight is 397 g/mol. The van der Waals surface area contributed by atoms with Crippen molar-refractivity contribution in [1.82, 2.24) is 25.1 Å². The highest BCUT2D eigenvalue weighted by Gasteiger charge is 2.51. The van der Waals surface area contributed by atoms with Crippen LogP contribution in [0.5, 0.6) is 0 Å². The summed E-state index contributed by atoms with van der Waals surface area (Å²) in [5.41, 5.74) is 1.20. The number of aromatic nitrogens is 2. The average Bonchev–Trinajstić information content (AvgIpc) is 3.20. The first-order chi connectivity index (χ1) is 14.0. The van der Waals surface area contributed by atoms with Gasteiger partial charge in [-0.1, -0.05) is 31.4 Å². The molecule has 2 aromatic rings. The topological polar surface area (TPSA) is 96.3 Å². The monoisotopic (exact) mass is 397 g/mol. The summed E-state index contributed by atoms with van der Waals surface area (Å²) < 4.78 is 2.07. The van der Waals surface area contributed by atoms with Gasteiger partial charge in [0, 0.05) is 19.5 Å². The highest BCUT2D eigenvalue weighted by molar-refractivity contribution is 6.07. The minimum absolute atomic E-state index is 0.0849. The van der Waals surface area contributed by atoms with Crippen molar-refractivity contribution < 1.29 is 14.4 Å². The number of imide groups is 1. The Kier molecular flexibility index (Phi) is 5.25. The van der Waals surface area contributed by atoms with E-state index in [2.05, 4.69) is 20.2 Å². The summed E-state index contributed by atoms with van der Waals surface area (Å²) in [4.78, 5) is 43.2. The van der Waals surface area contributed by atoms with Crippen molar-refractivity contribution in [3.63, 3.8) is 0 Å². The van der Waals surface area contributed by atoms with Gasteiger partial charge in [-0.15, -0.1) is 0 Å². The number of fused-ring (bicyclic) bond motifs is 1. The normalized spacial score (nSPS) is 18.4. The lowest BCUT2D eigenvalue weighted by molar-refractivity contribution is -0.132. The predicted octanol–water partition coefficient (Wildman–Crippen LogP) is 2.32. The van der Waals surface area contributed by atoms with Gasteiger partial charge >= 0.3 is 6.03 Å². The van der Waals surface area contributed by atoms with Crippen LogP contribution in [0.2, 0.25) is 0 Å². The Labute approximate surface area is 169 Å². The van der Waals surface area contributed by atoms with Crippen LogP contribution in [0, 0.1) is 0 Å². The molecular weight excluding hydrogens is 370 g/mol. The van der Waals surface area contributed by atoms with Crippen LogP contribution in [0.15, 0.2) is 24.3 Å². The standard InChI is InChI=1S/C21H27N5O3/c1-2-25-16-9-5-4-8-15(16)23-17(25)14-22-18(27)10-13-26-19(28)21(24-20(26)29)11-6-3-7-12-21/h4-5,8-9H,2-3,6-7,10-14H2,1H3,(H,22,27)(H,24,29). The molecule has 2 heterocycles. The Balaban J connectivity index is 1.34. The van der Waals surface area contributed by atoms with Gasteiger partial charge in [0.15, 0.2) is 0 Å². The molecule has 4 rings (SSSR count). The fraction of sp³-hybridized carbons (Fsp3) is 0.524. The van der Waals surface area contributed by atoms with Crippen LogP contribution in [0.1, 0.15) is 51.3 Å². The van der Waals surface area contributed by atoms with Crippen molar-refractivity contribution >= 4 is 28.9 Å². The van der Waals surface area contributed by atoms with E-state index in [1.807, 2.05) is 31.2 Å². The lowest BCUT2D eigenvalue weighted by Gasteiger charge is -2.30. The second-order valence-electron chi connectivity index (χ2n) is 7.82. The zero-order valence-corrected chi connectivity index (χ0v) is 16.7. The zero-order chi connectivity index (χ0) is 20.4. The van der Waals surface area contributed by atoms with E-state index in [4.69, 9.17) is 0 Å². The number of rotatable bonds is 6. The Morgan fingerprint density at radius 1 is 1.21 bits per heavy atom. The number of aryl methyl sites for hydroxylation is 1. The maximum absolute atomic E-state index is 12.8. The third-order valence-corrected chi connectivity index (χ3v) is 6.01. The smallest absolute Gasteiger partial charge is 0.325 e. The van der Waals surface area contributed by atoms with Crippen LogP contribution in [0.25, 0.3) is 11.0 Å². The van der Waals surface area contributed by atoms with E-state index in [0.717, 1.165) is 42.7 Å². The SMILES string of the molecule is CCn1c(CNC(=O)CCN2C(=O)NC3(CCCCC3)C2=O)nc2ccccc21. The number of hydrogen-bond acceptors (Lipinski definition) is 4. The molecule has 2 N–H and O–H groups in total. The Morgan fingerprint density at radius 3 is 2.72 bits per heavy atom. The number of urea groups is 1. The molecule has 0 radical (unpaired) electrons. The first kappa shape index (κ1) is 19.4. The number of nitrogens with zero attached hydrogens (tertiary/aromatic N) is 3. The lowest BCUT2D eigenvalue weighted by atomic mass is 9.82. The molecule has 1 aliphatic heterocycles. The molecular formula is C21H27N5O3. The van der Waals surface area contributed by atoms with Crippen LogP contribution in [-0.2, 0) is 22.7 Å². The van der Waals surface area contributed by atoms with Crippen LogP contribution < -0.4 is 10.6 Å². The van der Waals surface area contributed by atoms with E-state index in [0.29, 0.717) is 19.4 Å². The minimum Gasteiger partial charge on any atom is -0.349 e. The van der Waals surface area contributed by atoms with E-state index in [9.17, 15) is 14.4 Å². The van der Waals surface area contributed by atoms with Crippen molar-refractivity contribution in [2.75, 3.05) is 6.54 Å². The van der Waals surface area contributed by atoms with Crippen LogP contribution in [0.4, 0.5) is 4.79 Å². The van der Waals surface area contributed by atoms with Gasteiger partial charge in [-0.3, -0.25) is 14.5 Å². The molecule has 154 valence electrons. The molecule has 0 unspecified atom stereocenters. The molecule has 8 heteroatoms. The van der Waals surface area contributed by atoms with Crippen molar-refractivity contribution in [1.29, 1.82) is 0 Å². The molecule has 2 fully saturated rings.